The van der Waals surface area contributed by atoms with E-state index in [1.54, 1.807) is 28.8 Å². The maximum absolute atomic E-state index is 13.5. The molecule has 1 amide bonds. The molecule has 0 fully saturated rings. The molecule has 2 aromatic rings. The Morgan fingerprint density at radius 3 is 2.74 bits per heavy atom. The largest absolute Gasteiger partial charge is 0.490 e. The Balaban J connectivity index is 1.57. The molecule has 0 spiro atoms. The molecule has 4 rings (SSSR count). The number of rotatable bonds is 6. The number of fused-ring (bicyclic) bond motifs is 3. The van der Waals surface area contributed by atoms with Crippen LogP contribution in [0, 0.1) is 5.92 Å². The lowest BCUT2D eigenvalue weighted by Crippen LogP contribution is -2.47. The van der Waals surface area contributed by atoms with Crippen LogP contribution in [0.5, 0.6) is 11.5 Å². The lowest BCUT2D eigenvalue weighted by Gasteiger charge is -2.35. The zero-order chi connectivity index (χ0) is 27.3. The van der Waals surface area contributed by atoms with Crippen LogP contribution in [-0.2, 0) is 32.7 Å². The van der Waals surface area contributed by atoms with Gasteiger partial charge in [0.05, 0.1) is 49.7 Å². The first kappa shape index (κ1) is 28.3. The van der Waals surface area contributed by atoms with Gasteiger partial charge in [-0.3, -0.25) is 9.48 Å². The second-order valence-corrected chi connectivity index (χ2v) is 12.0. The van der Waals surface area contributed by atoms with Gasteiger partial charge in [-0.1, -0.05) is 12.1 Å². The fourth-order valence-electron chi connectivity index (χ4n) is 4.53. The van der Waals surface area contributed by atoms with Crippen LogP contribution >= 0.6 is 0 Å². The van der Waals surface area contributed by atoms with Crippen molar-refractivity contribution >= 4 is 15.9 Å². The van der Waals surface area contributed by atoms with Crippen LogP contribution in [0.15, 0.2) is 29.3 Å². The number of carbonyl (C=O) groups excluding carboxylic acids is 1. The van der Waals surface area contributed by atoms with E-state index in [1.165, 1.54) is 23.5 Å². The van der Waals surface area contributed by atoms with E-state index < -0.39 is 16.1 Å². The summed E-state index contributed by atoms with van der Waals surface area (Å²) in [6.45, 7) is 5.54. The third-order valence-electron chi connectivity index (χ3n) is 6.91. The highest BCUT2D eigenvalue weighted by Crippen LogP contribution is 2.33. The van der Waals surface area contributed by atoms with Crippen molar-refractivity contribution in [2.45, 2.75) is 63.3 Å². The molecule has 2 bridgehead atoms. The molecule has 38 heavy (non-hydrogen) atoms. The van der Waals surface area contributed by atoms with Gasteiger partial charge in [0.2, 0.25) is 15.9 Å². The van der Waals surface area contributed by atoms with Gasteiger partial charge in [0.15, 0.2) is 11.5 Å². The molecule has 2 aliphatic heterocycles. The number of aliphatic hydroxyl groups excluding tert-OH is 1. The number of aliphatic hydroxyl groups is 1. The molecule has 12 nitrogen and oxygen atoms in total. The van der Waals surface area contributed by atoms with Crippen LogP contribution in [0.25, 0.3) is 0 Å². The van der Waals surface area contributed by atoms with Crippen molar-refractivity contribution in [1.82, 2.24) is 24.2 Å². The maximum atomic E-state index is 13.5. The van der Waals surface area contributed by atoms with Crippen LogP contribution in [0.2, 0.25) is 0 Å². The Morgan fingerprint density at radius 1 is 1.21 bits per heavy atom. The normalized spacial score (nSPS) is 22.2. The minimum atomic E-state index is -3.89. The highest BCUT2D eigenvalue weighted by molar-refractivity contribution is 7.89. The fourth-order valence-corrected chi connectivity index (χ4v) is 5.73. The first-order valence-corrected chi connectivity index (χ1v) is 14.4. The third kappa shape index (κ3) is 6.63. The first-order valence-electron chi connectivity index (χ1n) is 13.0. The predicted octanol–water partition coefficient (Wildman–Crippen LogP) is 1.28. The van der Waals surface area contributed by atoms with Crippen molar-refractivity contribution in [3.05, 3.63) is 30.1 Å². The van der Waals surface area contributed by atoms with Gasteiger partial charge in [0, 0.05) is 51.5 Å². The van der Waals surface area contributed by atoms with E-state index in [9.17, 15) is 18.3 Å². The van der Waals surface area contributed by atoms with Crippen molar-refractivity contribution in [3.63, 3.8) is 0 Å². The lowest BCUT2D eigenvalue weighted by molar-refractivity contribution is -0.136. The zero-order valence-electron chi connectivity index (χ0n) is 22.2. The number of hydrogen-bond donors (Lipinski definition) is 1. The van der Waals surface area contributed by atoms with Gasteiger partial charge in [0.25, 0.3) is 0 Å². The summed E-state index contributed by atoms with van der Waals surface area (Å²) in [6.07, 6.45) is 2.82. The quantitative estimate of drug-likeness (QED) is 0.563. The Bertz CT molecular complexity index is 1200. The molecule has 3 heterocycles. The van der Waals surface area contributed by atoms with Crippen LogP contribution < -0.4 is 9.47 Å². The molecule has 1 aromatic heterocycles. The number of hydrogen-bond acceptors (Lipinski definition) is 9. The minimum Gasteiger partial charge on any atom is -0.490 e. The molecule has 3 atom stereocenters. The second-order valence-electron chi connectivity index (χ2n) is 9.93. The number of nitrogens with zero attached hydrogens (tertiary/aromatic N) is 5. The van der Waals surface area contributed by atoms with E-state index in [2.05, 4.69) is 10.3 Å². The highest BCUT2D eigenvalue weighted by Gasteiger charge is 2.31. The molecule has 210 valence electrons. The number of amides is 1. The third-order valence-corrected chi connectivity index (χ3v) is 8.73. The van der Waals surface area contributed by atoms with Crippen molar-refractivity contribution in [3.8, 4) is 11.5 Å². The average molecular weight is 552 g/mol. The molecule has 0 saturated heterocycles. The molecule has 0 radical (unpaired) electrons. The standard InChI is InChI=1S/C25H37N5O7S/c1-18-13-30(19(2)16-31)25(32)6-4-9-29-14-20(26-27-29)17-37-24(18)15-28(3)38(33,34)21-7-8-22-23(12-21)36-11-5-10-35-22/h7-8,12,14,18-19,24,31H,4-6,9-11,13,15-17H2,1-3H3/t18-,19-,24-/m0/s1. The summed E-state index contributed by atoms with van der Waals surface area (Å²) < 4.78 is 47.5. The topological polar surface area (TPSA) is 136 Å². The predicted molar refractivity (Wildman–Crippen MR) is 137 cm³/mol. The minimum absolute atomic E-state index is 0.0433. The Kier molecular flexibility index (Phi) is 9.23. The SMILES string of the molecule is C[C@H]1CN([C@@H](C)CO)C(=O)CCCn2cc(nn2)CO[C@H]1CN(C)S(=O)(=O)c1ccc2c(c1)OCCCO2. The van der Waals surface area contributed by atoms with Crippen molar-refractivity contribution in [1.29, 1.82) is 0 Å². The van der Waals surface area contributed by atoms with E-state index in [1.807, 2.05) is 6.92 Å². The molecule has 1 N–H and O–H groups in total. The molecule has 2 aliphatic rings. The van der Waals surface area contributed by atoms with Gasteiger partial charge in [-0.25, -0.2) is 8.42 Å². The van der Waals surface area contributed by atoms with Gasteiger partial charge >= 0.3 is 0 Å². The number of benzene rings is 1. The summed E-state index contributed by atoms with van der Waals surface area (Å²) in [4.78, 5) is 14.8. The van der Waals surface area contributed by atoms with E-state index in [4.69, 9.17) is 14.2 Å². The lowest BCUT2D eigenvalue weighted by atomic mass is 10.0. The van der Waals surface area contributed by atoms with Crippen molar-refractivity contribution in [2.24, 2.45) is 5.92 Å². The molecule has 13 heteroatoms. The van der Waals surface area contributed by atoms with Crippen LogP contribution in [0.4, 0.5) is 0 Å². The molecular weight excluding hydrogens is 514 g/mol. The number of sulfonamides is 1. The molecule has 0 unspecified atom stereocenters. The summed E-state index contributed by atoms with van der Waals surface area (Å²) in [7, 11) is -2.38. The molecular formula is C25H37N5O7S. The Hall–Kier alpha value is -2.74. The van der Waals surface area contributed by atoms with Crippen molar-refractivity contribution < 1.29 is 32.5 Å². The number of aryl methyl sites for hydroxylation is 1. The van der Waals surface area contributed by atoms with E-state index >= 15 is 0 Å². The van der Waals surface area contributed by atoms with Gasteiger partial charge in [-0.2, -0.15) is 4.31 Å². The zero-order valence-corrected chi connectivity index (χ0v) is 23.0. The van der Waals surface area contributed by atoms with Gasteiger partial charge in [0.1, 0.15) is 5.69 Å². The van der Waals surface area contributed by atoms with E-state index in [0.717, 1.165) is 6.42 Å². The monoisotopic (exact) mass is 551 g/mol. The van der Waals surface area contributed by atoms with Crippen LogP contribution in [0.3, 0.4) is 0 Å². The van der Waals surface area contributed by atoms with Crippen LogP contribution in [0.1, 0.15) is 38.8 Å². The highest BCUT2D eigenvalue weighted by atomic mass is 32.2. The fraction of sp³-hybridized carbons (Fsp3) is 0.640. The number of aromatic nitrogens is 3. The van der Waals surface area contributed by atoms with E-state index in [-0.39, 0.29) is 42.5 Å². The summed E-state index contributed by atoms with van der Waals surface area (Å²) in [5, 5.41) is 18.0. The van der Waals surface area contributed by atoms with Gasteiger partial charge in [-0.05, 0) is 25.5 Å². The number of carbonyl (C=O) groups is 1. The maximum Gasteiger partial charge on any atom is 0.243 e. The Labute approximate surface area is 223 Å². The van der Waals surface area contributed by atoms with E-state index in [0.29, 0.717) is 56.3 Å². The Morgan fingerprint density at radius 2 is 1.97 bits per heavy atom. The van der Waals surface area contributed by atoms with Crippen molar-refractivity contribution in [2.75, 3.05) is 40.0 Å². The molecule has 0 aliphatic carbocycles. The van der Waals surface area contributed by atoms with Gasteiger partial charge in [-0.15, -0.1) is 5.10 Å². The first-order chi connectivity index (χ1) is 18.2. The number of ether oxygens (including phenoxy) is 3. The summed E-state index contributed by atoms with van der Waals surface area (Å²) in [5.41, 5.74) is 0.627. The summed E-state index contributed by atoms with van der Waals surface area (Å²) >= 11 is 0. The average Bonchev–Trinajstić information content (AvgIpc) is 3.22. The summed E-state index contributed by atoms with van der Waals surface area (Å²) in [6, 6.07) is 4.23. The molecule has 0 saturated carbocycles. The van der Waals surface area contributed by atoms with Crippen LogP contribution in [-0.4, -0.2) is 95.7 Å². The number of likely N-dealkylation sites (N-methyl/N-ethyl adjacent to an activating group) is 1. The van der Waals surface area contributed by atoms with Gasteiger partial charge < -0.3 is 24.2 Å². The molecule has 1 aromatic carbocycles. The summed E-state index contributed by atoms with van der Waals surface area (Å²) in [5.74, 6) is 0.598. The smallest absolute Gasteiger partial charge is 0.243 e. The second kappa shape index (κ2) is 12.4.